The molecular formula is C22H33N5O. The number of nitrogens with one attached hydrogen (secondary N) is 1. The summed E-state index contributed by atoms with van der Waals surface area (Å²) in [6.45, 7) is 10.2. The minimum Gasteiger partial charge on any atom is -0.350 e. The number of aryl methyl sites for hydroxylation is 1. The molecule has 0 aromatic carbocycles. The summed E-state index contributed by atoms with van der Waals surface area (Å²) in [6, 6.07) is -0.296. The van der Waals surface area contributed by atoms with E-state index in [2.05, 4.69) is 30.2 Å². The highest BCUT2D eigenvalue weighted by atomic mass is 16.2. The van der Waals surface area contributed by atoms with Crippen LogP contribution in [-0.4, -0.2) is 40.7 Å². The van der Waals surface area contributed by atoms with Crippen molar-refractivity contribution in [2.45, 2.75) is 78.3 Å². The van der Waals surface area contributed by atoms with Crippen LogP contribution < -0.4 is 10.2 Å². The molecule has 1 aromatic rings. The third-order valence-corrected chi connectivity index (χ3v) is 5.15. The number of hydrogen-bond donors (Lipinski definition) is 1. The first kappa shape index (κ1) is 20.5. The number of carbonyl (C=O) groups is 1. The molecule has 0 spiro atoms. The minimum atomic E-state index is -0.296. The van der Waals surface area contributed by atoms with Crippen LogP contribution in [0.15, 0.2) is 11.1 Å². The normalized spacial score (nSPS) is 17.3. The van der Waals surface area contributed by atoms with Crippen molar-refractivity contribution in [1.82, 2.24) is 15.3 Å². The molecule has 1 unspecified atom stereocenters. The highest BCUT2D eigenvalue weighted by Gasteiger charge is 2.33. The Morgan fingerprint density at radius 3 is 2.54 bits per heavy atom. The summed E-state index contributed by atoms with van der Waals surface area (Å²) in [4.78, 5) is 29.3. The van der Waals surface area contributed by atoms with Gasteiger partial charge in [-0.2, -0.15) is 0 Å². The molecule has 0 saturated heterocycles. The summed E-state index contributed by atoms with van der Waals surface area (Å²) < 4.78 is 0. The molecule has 2 aliphatic rings. The Hall–Kier alpha value is -2.24. The zero-order valence-electron chi connectivity index (χ0n) is 18.0. The lowest BCUT2D eigenvalue weighted by Crippen LogP contribution is -2.53. The van der Waals surface area contributed by atoms with Crippen LogP contribution in [0.25, 0.3) is 5.70 Å². The van der Waals surface area contributed by atoms with Crippen LogP contribution in [0.3, 0.4) is 0 Å². The Kier molecular flexibility index (Phi) is 5.87. The van der Waals surface area contributed by atoms with Crippen molar-refractivity contribution in [2.75, 3.05) is 11.9 Å². The van der Waals surface area contributed by atoms with Crippen molar-refractivity contribution in [3.05, 3.63) is 23.2 Å². The SMILES string of the molecule is CC(C)C(C(=O)NC(C)(C)C)N(C)c1nc(C2=CCCC=N2)nc2c1CCC2. The van der Waals surface area contributed by atoms with Gasteiger partial charge in [0, 0.05) is 30.1 Å². The summed E-state index contributed by atoms with van der Waals surface area (Å²) in [5.41, 5.74) is 2.86. The molecule has 1 N–H and O–H groups in total. The van der Waals surface area contributed by atoms with E-state index in [1.165, 1.54) is 5.56 Å². The van der Waals surface area contributed by atoms with Gasteiger partial charge >= 0.3 is 0 Å². The highest BCUT2D eigenvalue weighted by Crippen LogP contribution is 2.32. The van der Waals surface area contributed by atoms with Crippen LogP contribution in [-0.2, 0) is 17.6 Å². The molecule has 152 valence electrons. The second kappa shape index (κ2) is 8.02. The van der Waals surface area contributed by atoms with Gasteiger partial charge in [0.1, 0.15) is 17.6 Å². The Bertz CT molecular complexity index is 804. The van der Waals surface area contributed by atoms with Crippen molar-refractivity contribution in [3.63, 3.8) is 0 Å². The van der Waals surface area contributed by atoms with Gasteiger partial charge < -0.3 is 10.2 Å². The molecule has 1 aromatic heterocycles. The second-order valence-corrected chi connectivity index (χ2v) is 9.17. The molecule has 0 fully saturated rings. The summed E-state index contributed by atoms with van der Waals surface area (Å²) in [6.07, 6.45) is 8.97. The lowest BCUT2D eigenvalue weighted by molar-refractivity contribution is -0.124. The second-order valence-electron chi connectivity index (χ2n) is 9.17. The largest absolute Gasteiger partial charge is 0.350 e. The van der Waals surface area contributed by atoms with Gasteiger partial charge in [-0.1, -0.05) is 19.9 Å². The Balaban J connectivity index is 2.00. The van der Waals surface area contributed by atoms with E-state index in [1.807, 2.05) is 38.9 Å². The molecule has 2 heterocycles. The minimum absolute atomic E-state index is 0.0341. The molecule has 0 radical (unpaired) electrons. The van der Waals surface area contributed by atoms with Gasteiger partial charge in [-0.05, 0) is 58.8 Å². The van der Waals surface area contributed by atoms with E-state index >= 15 is 0 Å². The maximum atomic E-state index is 13.1. The fourth-order valence-electron chi connectivity index (χ4n) is 3.98. The van der Waals surface area contributed by atoms with E-state index in [0.29, 0.717) is 5.82 Å². The maximum absolute atomic E-state index is 13.1. The predicted molar refractivity (Wildman–Crippen MR) is 115 cm³/mol. The van der Waals surface area contributed by atoms with Gasteiger partial charge in [-0.25, -0.2) is 9.97 Å². The number of allylic oxidation sites excluding steroid dienone is 1. The van der Waals surface area contributed by atoms with Gasteiger partial charge in [-0.15, -0.1) is 0 Å². The van der Waals surface area contributed by atoms with Gasteiger partial charge in [0.25, 0.3) is 0 Å². The van der Waals surface area contributed by atoms with E-state index in [4.69, 9.17) is 9.97 Å². The van der Waals surface area contributed by atoms with Gasteiger partial charge in [0.2, 0.25) is 5.91 Å². The molecule has 28 heavy (non-hydrogen) atoms. The van der Waals surface area contributed by atoms with Crippen LogP contribution >= 0.6 is 0 Å². The lowest BCUT2D eigenvalue weighted by Gasteiger charge is -2.34. The van der Waals surface area contributed by atoms with E-state index in [1.54, 1.807) is 0 Å². The fourth-order valence-corrected chi connectivity index (χ4v) is 3.98. The molecule has 3 rings (SSSR count). The number of aromatic nitrogens is 2. The van der Waals surface area contributed by atoms with Crippen molar-refractivity contribution in [2.24, 2.45) is 10.9 Å². The standard InChI is InChI=1S/C22H33N5O/c1-14(2)18(21(28)26-22(3,4)5)27(6)20-15-10-9-12-16(15)24-19(25-20)17-11-7-8-13-23-17/h11,13-14,18H,7-10,12H2,1-6H3,(H,26,28). The lowest BCUT2D eigenvalue weighted by atomic mass is 9.99. The van der Waals surface area contributed by atoms with Crippen molar-refractivity contribution in [1.29, 1.82) is 0 Å². The van der Waals surface area contributed by atoms with Crippen LogP contribution in [0.1, 0.15) is 71.0 Å². The number of hydrogen-bond acceptors (Lipinski definition) is 5. The van der Waals surface area contributed by atoms with Crippen LogP contribution in [0.5, 0.6) is 0 Å². The summed E-state index contributed by atoms with van der Waals surface area (Å²) in [5, 5.41) is 3.14. The van der Waals surface area contributed by atoms with Crippen molar-refractivity contribution in [3.8, 4) is 0 Å². The van der Waals surface area contributed by atoms with E-state index < -0.39 is 0 Å². The first-order valence-corrected chi connectivity index (χ1v) is 10.3. The zero-order valence-corrected chi connectivity index (χ0v) is 18.0. The summed E-state index contributed by atoms with van der Waals surface area (Å²) >= 11 is 0. The third-order valence-electron chi connectivity index (χ3n) is 5.15. The molecule has 0 bridgehead atoms. The quantitative estimate of drug-likeness (QED) is 0.844. The van der Waals surface area contributed by atoms with Gasteiger partial charge in [0.05, 0.1) is 0 Å². The molecule has 1 amide bonds. The number of likely N-dealkylation sites (N-methyl/N-ethyl adjacent to an activating group) is 1. The molecule has 6 heteroatoms. The summed E-state index contributed by atoms with van der Waals surface area (Å²) in [5.74, 6) is 1.74. The molecule has 6 nitrogen and oxygen atoms in total. The monoisotopic (exact) mass is 383 g/mol. The average molecular weight is 384 g/mol. The Morgan fingerprint density at radius 2 is 1.93 bits per heavy atom. The van der Waals surface area contributed by atoms with Gasteiger partial charge in [-0.3, -0.25) is 9.79 Å². The Morgan fingerprint density at radius 1 is 1.18 bits per heavy atom. The van der Waals surface area contributed by atoms with E-state index in [-0.39, 0.29) is 23.4 Å². The Labute approximate surface area is 168 Å². The summed E-state index contributed by atoms with van der Waals surface area (Å²) in [7, 11) is 1.98. The maximum Gasteiger partial charge on any atom is 0.243 e. The zero-order chi connectivity index (χ0) is 20.5. The van der Waals surface area contributed by atoms with Crippen LogP contribution in [0, 0.1) is 5.92 Å². The number of nitrogens with zero attached hydrogens (tertiary/aromatic N) is 4. The number of carbonyl (C=O) groups excluding carboxylic acids is 1. The van der Waals surface area contributed by atoms with E-state index in [0.717, 1.165) is 49.3 Å². The third kappa shape index (κ3) is 4.42. The van der Waals surface area contributed by atoms with Crippen molar-refractivity contribution < 1.29 is 4.79 Å². The van der Waals surface area contributed by atoms with Gasteiger partial charge in [0.15, 0.2) is 5.82 Å². The van der Waals surface area contributed by atoms with Crippen LogP contribution in [0.2, 0.25) is 0 Å². The molecule has 1 aliphatic carbocycles. The number of rotatable bonds is 5. The number of anilines is 1. The van der Waals surface area contributed by atoms with Crippen LogP contribution in [0.4, 0.5) is 5.82 Å². The number of amides is 1. The molecule has 1 atom stereocenters. The van der Waals surface area contributed by atoms with E-state index in [9.17, 15) is 4.79 Å². The molecular weight excluding hydrogens is 350 g/mol. The molecule has 0 saturated carbocycles. The smallest absolute Gasteiger partial charge is 0.243 e. The first-order chi connectivity index (χ1) is 13.2. The topological polar surface area (TPSA) is 70.5 Å². The first-order valence-electron chi connectivity index (χ1n) is 10.3. The van der Waals surface area contributed by atoms with Crippen molar-refractivity contribution >= 4 is 23.6 Å². The number of aliphatic imine (C=N–C) groups is 1. The fraction of sp³-hybridized carbons (Fsp3) is 0.636. The average Bonchev–Trinajstić information content (AvgIpc) is 3.08. The number of fused-ring (bicyclic) bond motifs is 1. The molecule has 1 aliphatic heterocycles. The predicted octanol–water partition coefficient (Wildman–Crippen LogP) is 3.55. The highest BCUT2D eigenvalue weighted by molar-refractivity contribution is 5.86.